The van der Waals surface area contributed by atoms with Crippen molar-refractivity contribution in [1.82, 2.24) is 25.3 Å². The highest BCUT2D eigenvalue weighted by molar-refractivity contribution is 6.33. The molecule has 3 aromatic rings. The van der Waals surface area contributed by atoms with Gasteiger partial charge in [-0.15, -0.1) is 0 Å². The number of carbonyl (C=O) groups excluding carboxylic acids is 1. The van der Waals surface area contributed by atoms with E-state index in [1.54, 1.807) is 30.5 Å². The van der Waals surface area contributed by atoms with Crippen molar-refractivity contribution in [3.63, 3.8) is 0 Å². The second-order valence-electron chi connectivity index (χ2n) is 9.35. The van der Waals surface area contributed by atoms with E-state index in [1.165, 1.54) is 12.8 Å². The molecule has 0 aliphatic rings. The molecule has 0 radical (unpaired) electrons. The summed E-state index contributed by atoms with van der Waals surface area (Å²) in [5.74, 6) is 1.01. The molecule has 3 rings (SSSR count). The Morgan fingerprint density at radius 1 is 1.11 bits per heavy atom. The predicted molar refractivity (Wildman–Crippen MR) is 142 cm³/mol. The molecule has 0 saturated heterocycles. The zero-order chi connectivity index (χ0) is 26.1. The Kier molecular flexibility index (Phi) is 9.58. The van der Waals surface area contributed by atoms with E-state index >= 15 is 0 Å². The largest absolute Gasteiger partial charge is 0.478 e. The number of benzene rings is 1. The maximum absolute atomic E-state index is 12.4. The number of ether oxygens (including phenoxy) is 1. The van der Waals surface area contributed by atoms with E-state index in [9.17, 15) is 9.59 Å². The van der Waals surface area contributed by atoms with Crippen LogP contribution >= 0.6 is 11.6 Å². The van der Waals surface area contributed by atoms with E-state index in [0.29, 0.717) is 35.2 Å². The molecule has 36 heavy (non-hydrogen) atoms. The zero-order valence-corrected chi connectivity index (χ0v) is 22.1. The van der Waals surface area contributed by atoms with Crippen molar-refractivity contribution in [3.8, 4) is 28.7 Å². The van der Waals surface area contributed by atoms with E-state index in [2.05, 4.69) is 32.2 Å². The first-order chi connectivity index (χ1) is 17.2. The summed E-state index contributed by atoms with van der Waals surface area (Å²) in [5, 5.41) is 3.38. The summed E-state index contributed by atoms with van der Waals surface area (Å²) in [4.78, 5) is 40.3. The van der Waals surface area contributed by atoms with Crippen LogP contribution in [0.25, 0.3) is 22.8 Å². The lowest BCUT2D eigenvalue weighted by atomic mass is 9.89. The summed E-state index contributed by atoms with van der Waals surface area (Å²) in [6.07, 6.45) is 6.80. The standard InChI is InChI=1S/C27H34ClN5O3/c1-5-7-8-9-14-36-22-13-11-19(17-29-22)23-31-24(33-26(35)32-23)20-15-18(10-12-21(20)28)16-30-25(34)27(3,4)6-2/h10-13,15,17H,5-9,14,16H2,1-4H3,(H,30,34)(H,31,32,33,35). The highest BCUT2D eigenvalue weighted by Gasteiger charge is 2.24. The van der Waals surface area contributed by atoms with Crippen LogP contribution in [0.5, 0.6) is 5.88 Å². The molecule has 0 aliphatic heterocycles. The molecule has 0 saturated carbocycles. The van der Waals surface area contributed by atoms with E-state index in [1.807, 2.05) is 26.8 Å². The number of carbonyl (C=O) groups is 1. The van der Waals surface area contributed by atoms with Gasteiger partial charge >= 0.3 is 5.69 Å². The molecule has 0 fully saturated rings. The summed E-state index contributed by atoms with van der Waals surface area (Å²) in [6.45, 7) is 8.91. The van der Waals surface area contributed by atoms with Gasteiger partial charge in [0.25, 0.3) is 0 Å². The number of amides is 1. The highest BCUT2D eigenvalue weighted by Crippen LogP contribution is 2.27. The minimum atomic E-state index is -0.550. The van der Waals surface area contributed by atoms with Gasteiger partial charge in [-0.2, -0.15) is 4.98 Å². The second kappa shape index (κ2) is 12.6. The average Bonchev–Trinajstić information content (AvgIpc) is 2.87. The molecule has 192 valence electrons. The lowest BCUT2D eigenvalue weighted by Gasteiger charge is -2.21. The van der Waals surface area contributed by atoms with Gasteiger partial charge in [0.1, 0.15) is 5.82 Å². The molecule has 1 amide bonds. The maximum Gasteiger partial charge on any atom is 0.348 e. The predicted octanol–water partition coefficient (Wildman–Crippen LogP) is 5.56. The van der Waals surface area contributed by atoms with Gasteiger partial charge in [0.2, 0.25) is 11.8 Å². The van der Waals surface area contributed by atoms with Crippen LogP contribution in [0.1, 0.15) is 65.4 Å². The average molecular weight is 512 g/mol. The molecule has 0 unspecified atom stereocenters. The Morgan fingerprint density at radius 3 is 2.61 bits per heavy atom. The minimum Gasteiger partial charge on any atom is -0.478 e. The number of hydrogen-bond acceptors (Lipinski definition) is 6. The second-order valence-corrected chi connectivity index (χ2v) is 9.76. The fraction of sp³-hybridized carbons (Fsp3) is 0.444. The van der Waals surface area contributed by atoms with Gasteiger partial charge in [0, 0.05) is 35.3 Å². The van der Waals surface area contributed by atoms with Gasteiger partial charge in [0.15, 0.2) is 5.82 Å². The number of H-pyrrole nitrogens is 1. The molecule has 2 N–H and O–H groups in total. The fourth-order valence-electron chi connectivity index (χ4n) is 3.39. The SMILES string of the molecule is CCCCCCOc1ccc(-c2nc(-c3cc(CNC(=O)C(C)(C)CC)ccc3Cl)[nH]c(=O)n2)cn1. The number of nitrogens with zero attached hydrogens (tertiary/aromatic N) is 3. The number of unbranched alkanes of at least 4 members (excludes halogenated alkanes) is 3. The van der Waals surface area contributed by atoms with Gasteiger partial charge in [-0.1, -0.05) is 64.6 Å². The summed E-state index contributed by atoms with van der Waals surface area (Å²) in [7, 11) is 0. The topological polar surface area (TPSA) is 110 Å². The summed E-state index contributed by atoms with van der Waals surface area (Å²) >= 11 is 6.44. The number of rotatable bonds is 12. The molecule has 2 aromatic heterocycles. The number of hydrogen-bond donors (Lipinski definition) is 2. The maximum atomic E-state index is 12.4. The number of pyridine rings is 1. The number of halogens is 1. The van der Waals surface area contributed by atoms with E-state index < -0.39 is 11.1 Å². The zero-order valence-electron chi connectivity index (χ0n) is 21.4. The Morgan fingerprint density at radius 2 is 1.92 bits per heavy atom. The molecule has 0 atom stereocenters. The van der Waals surface area contributed by atoms with Crippen LogP contribution in [-0.4, -0.2) is 32.4 Å². The summed E-state index contributed by atoms with van der Waals surface area (Å²) in [5.41, 5.74) is 0.954. The Hall–Kier alpha value is -3.26. The molecule has 0 bridgehead atoms. The first-order valence-corrected chi connectivity index (χ1v) is 12.8. The monoisotopic (exact) mass is 511 g/mol. The Bertz CT molecular complexity index is 1220. The third-order valence-electron chi connectivity index (χ3n) is 6.13. The van der Waals surface area contributed by atoms with Crippen molar-refractivity contribution < 1.29 is 9.53 Å². The van der Waals surface area contributed by atoms with Crippen LogP contribution in [0.2, 0.25) is 5.02 Å². The quantitative estimate of drug-likeness (QED) is 0.308. The first kappa shape index (κ1) is 27.3. The molecule has 0 aliphatic carbocycles. The smallest absolute Gasteiger partial charge is 0.348 e. The van der Waals surface area contributed by atoms with Gasteiger partial charge in [-0.3, -0.25) is 9.78 Å². The van der Waals surface area contributed by atoms with E-state index in [4.69, 9.17) is 16.3 Å². The Balaban J connectivity index is 1.77. The fourth-order valence-corrected chi connectivity index (χ4v) is 3.60. The van der Waals surface area contributed by atoms with Crippen LogP contribution in [0.15, 0.2) is 41.3 Å². The third kappa shape index (κ3) is 7.37. The molecular formula is C27H34ClN5O3. The van der Waals surface area contributed by atoms with Gasteiger partial charge in [0.05, 0.1) is 11.6 Å². The van der Waals surface area contributed by atoms with Crippen molar-refractivity contribution in [2.24, 2.45) is 5.41 Å². The van der Waals surface area contributed by atoms with Crippen molar-refractivity contribution in [1.29, 1.82) is 0 Å². The lowest BCUT2D eigenvalue weighted by molar-refractivity contribution is -0.129. The van der Waals surface area contributed by atoms with Crippen molar-refractivity contribution in [2.45, 2.75) is 66.3 Å². The van der Waals surface area contributed by atoms with Crippen molar-refractivity contribution >= 4 is 17.5 Å². The van der Waals surface area contributed by atoms with Crippen LogP contribution in [-0.2, 0) is 11.3 Å². The lowest BCUT2D eigenvalue weighted by Crippen LogP contribution is -2.36. The number of aromatic nitrogens is 4. The van der Waals surface area contributed by atoms with Crippen LogP contribution in [0, 0.1) is 5.41 Å². The normalized spacial score (nSPS) is 11.4. The first-order valence-electron chi connectivity index (χ1n) is 12.4. The Labute approximate surface area is 216 Å². The number of nitrogens with one attached hydrogen (secondary N) is 2. The number of aromatic amines is 1. The van der Waals surface area contributed by atoms with E-state index in [0.717, 1.165) is 24.8 Å². The van der Waals surface area contributed by atoms with Gasteiger partial charge in [-0.05, 0) is 36.6 Å². The molecule has 0 spiro atoms. The summed E-state index contributed by atoms with van der Waals surface area (Å²) < 4.78 is 5.69. The molecular weight excluding hydrogens is 478 g/mol. The third-order valence-corrected chi connectivity index (χ3v) is 6.46. The van der Waals surface area contributed by atoms with Crippen LogP contribution in [0.3, 0.4) is 0 Å². The molecule has 8 nitrogen and oxygen atoms in total. The van der Waals surface area contributed by atoms with Crippen molar-refractivity contribution in [2.75, 3.05) is 6.61 Å². The van der Waals surface area contributed by atoms with Crippen molar-refractivity contribution in [3.05, 3.63) is 57.6 Å². The minimum absolute atomic E-state index is 0.0277. The van der Waals surface area contributed by atoms with E-state index in [-0.39, 0.29) is 17.6 Å². The van der Waals surface area contributed by atoms with Crippen LogP contribution < -0.4 is 15.7 Å². The summed E-state index contributed by atoms with van der Waals surface area (Å²) in [6, 6.07) is 8.87. The van der Waals surface area contributed by atoms with Gasteiger partial charge in [-0.25, -0.2) is 14.8 Å². The van der Waals surface area contributed by atoms with Crippen LogP contribution in [0.4, 0.5) is 0 Å². The molecule has 9 heteroatoms. The molecule has 2 heterocycles. The molecule has 1 aromatic carbocycles. The highest BCUT2D eigenvalue weighted by atomic mass is 35.5. The van der Waals surface area contributed by atoms with Gasteiger partial charge < -0.3 is 10.1 Å².